The maximum Gasteiger partial charge on any atom is 0.143 e. The van der Waals surface area contributed by atoms with Crippen LogP contribution < -0.4 is 10.1 Å². The predicted molar refractivity (Wildman–Crippen MR) is 81.1 cm³/mol. The molecular weight excluding hydrogens is 277 g/mol. The van der Waals surface area contributed by atoms with E-state index in [0.29, 0.717) is 5.69 Å². The van der Waals surface area contributed by atoms with E-state index >= 15 is 0 Å². The SMILES string of the molecule is CCC(Nc1ccc(Cl)c(F)c1)c1ccccc1OC. The largest absolute Gasteiger partial charge is 0.496 e. The van der Waals surface area contributed by atoms with E-state index in [4.69, 9.17) is 16.3 Å². The van der Waals surface area contributed by atoms with E-state index < -0.39 is 5.82 Å². The van der Waals surface area contributed by atoms with Crippen molar-refractivity contribution in [1.29, 1.82) is 0 Å². The molecule has 0 spiro atoms. The zero-order valence-electron chi connectivity index (χ0n) is 11.5. The van der Waals surface area contributed by atoms with Crippen molar-refractivity contribution in [3.8, 4) is 5.75 Å². The highest BCUT2D eigenvalue weighted by molar-refractivity contribution is 6.30. The number of rotatable bonds is 5. The second kappa shape index (κ2) is 6.62. The first-order valence-electron chi connectivity index (χ1n) is 6.50. The third-order valence-electron chi connectivity index (χ3n) is 3.18. The van der Waals surface area contributed by atoms with Gasteiger partial charge in [-0.1, -0.05) is 36.7 Å². The molecule has 0 heterocycles. The molecule has 0 aromatic heterocycles. The molecule has 1 atom stereocenters. The van der Waals surface area contributed by atoms with E-state index in [1.807, 2.05) is 24.3 Å². The quantitative estimate of drug-likeness (QED) is 0.833. The minimum absolute atomic E-state index is 0.0479. The Morgan fingerprint density at radius 1 is 1.25 bits per heavy atom. The fourth-order valence-corrected chi connectivity index (χ4v) is 2.26. The van der Waals surface area contributed by atoms with Crippen molar-refractivity contribution < 1.29 is 9.13 Å². The van der Waals surface area contributed by atoms with Crippen molar-refractivity contribution in [1.82, 2.24) is 0 Å². The molecule has 2 aromatic carbocycles. The minimum atomic E-state index is -0.424. The third kappa shape index (κ3) is 3.23. The van der Waals surface area contributed by atoms with Crippen molar-refractivity contribution in [2.75, 3.05) is 12.4 Å². The number of benzene rings is 2. The van der Waals surface area contributed by atoms with Crippen LogP contribution in [0.15, 0.2) is 42.5 Å². The van der Waals surface area contributed by atoms with Crippen LogP contribution in [0.5, 0.6) is 5.75 Å². The van der Waals surface area contributed by atoms with Gasteiger partial charge in [-0.15, -0.1) is 0 Å². The second-order valence-corrected chi connectivity index (χ2v) is 4.88. The molecule has 2 nitrogen and oxygen atoms in total. The normalized spacial score (nSPS) is 12.0. The summed E-state index contributed by atoms with van der Waals surface area (Å²) in [6.45, 7) is 2.07. The van der Waals surface area contributed by atoms with Gasteiger partial charge < -0.3 is 10.1 Å². The van der Waals surface area contributed by atoms with Gasteiger partial charge in [0, 0.05) is 11.3 Å². The number of para-hydroxylation sites is 1. The number of hydrogen-bond acceptors (Lipinski definition) is 2. The molecule has 0 aliphatic carbocycles. The molecule has 1 N–H and O–H groups in total. The van der Waals surface area contributed by atoms with Crippen molar-refractivity contribution in [3.63, 3.8) is 0 Å². The molecule has 4 heteroatoms. The predicted octanol–water partition coefficient (Wildman–Crippen LogP) is 5.05. The molecule has 0 saturated heterocycles. The van der Waals surface area contributed by atoms with Crippen molar-refractivity contribution in [3.05, 3.63) is 58.9 Å². The zero-order chi connectivity index (χ0) is 14.5. The first kappa shape index (κ1) is 14.7. The van der Waals surface area contributed by atoms with Crippen LogP contribution in [-0.4, -0.2) is 7.11 Å². The molecule has 0 saturated carbocycles. The van der Waals surface area contributed by atoms with E-state index in [2.05, 4.69) is 12.2 Å². The van der Waals surface area contributed by atoms with Gasteiger partial charge >= 0.3 is 0 Å². The van der Waals surface area contributed by atoms with E-state index in [0.717, 1.165) is 17.7 Å². The van der Waals surface area contributed by atoms with Gasteiger partial charge in [0.1, 0.15) is 11.6 Å². The van der Waals surface area contributed by atoms with Gasteiger partial charge in [-0.3, -0.25) is 0 Å². The standard InChI is InChI=1S/C16H17ClFNO/c1-3-15(12-6-4-5-7-16(12)20-2)19-11-8-9-13(17)14(18)10-11/h4-10,15,19H,3H2,1-2H3. The van der Waals surface area contributed by atoms with E-state index in [9.17, 15) is 4.39 Å². The fourth-order valence-electron chi connectivity index (χ4n) is 2.14. The molecule has 0 amide bonds. The number of methoxy groups -OCH3 is 1. The Labute approximate surface area is 123 Å². The molecule has 2 aromatic rings. The van der Waals surface area contributed by atoms with E-state index in [-0.39, 0.29) is 11.1 Å². The molecular formula is C16H17ClFNO. The van der Waals surface area contributed by atoms with E-state index in [1.165, 1.54) is 6.07 Å². The van der Waals surface area contributed by atoms with Gasteiger partial charge in [0.15, 0.2) is 0 Å². The average molecular weight is 294 g/mol. The van der Waals surface area contributed by atoms with Crippen LogP contribution in [0.1, 0.15) is 24.9 Å². The lowest BCUT2D eigenvalue weighted by Crippen LogP contribution is -2.11. The lowest BCUT2D eigenvalue weighted by Gasteiger charge is -2.21. The summed E-state index contributed by atoms with van der Waals surface area (Å²) in [4.78, 5) is 0. The van der Waals surface area contributed by atoms with Gasteiger partial charge in [0.05, 0.1) is 18.2 Å². The van der Waals surface area contributed by atoms with Gasteiger partial charge in [0.25, 0.3) is 0 Å². The molecule has 2 rings (SSSR count). The van der Waals surface area contributed by atoms with Gasteiger partial charge in [0.2, 0.25) is 0 Å². The van der Waals surface area contributed by atoms with Crippen molar-refractivity contribution >= 4 is 17.3 Å². The van der Waals surface area contributed by atoms with Crippen LogP contribution in [0, 0.1) is 5.82 Å². The molecule has 0 radical (unpaired) electrons. The minimum Gasteiger partial charge on any atom is -0.496 e. The summed E-state index contributed by atoms with van der Waals surface area (Å²) < 4.78 is 18.9. The topological polar surface area (TPSA) is 21.3 Å². The Balaban J connectivity index is 2.26. The number of anilines is 1. The van der Waals surface area contributed by atoms with Crippen LogP contribution in [0.4, 0.5) is 10.1 Å². The first-order chi connectivity index (χ1) is 9.65. The maximum atomic E-state index is 13.5. The summed E-state index contributed by atoms with van der Waals surface area (Å²) in [5, 5.41) is 3.43. The smallest absolute Gasteiger partial charge is 0.143 e. The lowest BCUT2D eigenvalue weighted by molar-refractivity contribution is 0.406. The monoisotopic (exact) mass is 293 g/mol. The zero-order valence-corrected chi connectivity index (χ0v) is 12.2. The number of halogens is 2. The Morgan fingerprint density at radius 2 is 2.00 bits per heavy atom. The number of nitrogens with one attached hydrogen (secondary N) is 1. The lowest BCUT2D eigenvalue weighted by atomic mass is 10.0. The molecule has 0 fully saturated rings. The Bertz CT molecular complexity index is 588. The van der Waals surface area contributed by atoms with Crippen molar-refractivity contribution in [2.24, 2.45) is 0 Å². The van der Waals surface area contributed by atoms with Crippen LogP contribution in [0.2, 0.25) is 5.02 Å². The summed E-state index contributed by atoms with van der Waals surface area (Å²) in [6.07, 6.45) is 0.852. The van der Waals surface area contributed by atoms with E-state index in [1.54, 1.807) is 19.2 Å². The van der Waals surface area contributed by atoms with Crippen LogP contribution >= 0.6 is 11.6 Å². The highest BCUT2D eigenvalue weighted by Gasteiger charge is 2.14. The number of hydrogen-bond donors (Lipinski definition) is 1. The summed E-state index contributed by atoms with van der Waals surface area (Å²) in [5.74, 6) is 0.396. The van der Waals surface area contributed by atoms with Gasteiger partial charge in [-0.25, -0.2) is 4.39 Å². The van der Waals surface area contributed by atoms with Gasteiger partial charge in [-0.2, -0.15) is 0 Å². The summed E-state index contributed by atoms with van der Waals surface area (Å²) in [6, 6.07) is 12.6. The second-order valence-electron chi connectivity index (χ2n) is 4.48. The van der Waals surface area contributed by atoms with Crippen LogP contribution in [0.25, 0.3) is 0 Å². The molecule has 0 aliphatic rings. The Morgan fingerprint density at radius 3 is 2.65 bits per heavy atom. The summed E-state index contributed by atoms with van der Waals surface area (Å²) in [7, 11) is 1.65. The molecule has 0 bridgehead atoms. The third-order valence-corrected chi connectivity index (χ3v) is 3.49. The summed E-state index contributed by atoms with van der Waals surface area (Å²) >= 11 is 5.69. The van der Waals surface area contributed by atoms with Crippen LogP contribution in [-0.2, 0) is 0 Å². The highest BCUT2D eigenvalue weighted by atomic mass is 35.5. The molecule has 20 heavy (non-hydrogen) atoms. The van der Waals surface area contributed by atoms with Crippen molar-refractivity contribution in [2.45, 2.75) is 19.4 Å². The highest BCUT2D eigenvalue weighted by Crippen LogP contribution is 2.30. The summed E-state index contributed by atoms with van der Waals surface area (Å²) in [5.41, 5.74) is 1.75. The number of ether oxygens (including phenoxy) is 1. The Hall–Kier alpha value is -1.74. The van der Waals surface area contributed by atoms with Crippen LogP contribution in [0.3, 0.4) is 0 Å². The fraction of sp³-hybridized carbons (Fsp3) is 0.250. The molecule has 106 valence electrons. The maximum absolute atomic E-state index is 13.5. The average Bonchev–Trinajstić information content (AvgIpc) is 2.48. The molecule has 1 unspecified atom stereocenters. The first-order valence-corrected chi connectivity index (χ1v) is 6.88. The molecule has 0 aliphatic heterocycles. The van der Waals surface area contributed by atoms with Gasteiger partial charge in [-0.05, 0) is 30.7 Å². The Kier molecular flexibility index (Phi) is 4.85.